The maximum Gasteiger partial charge on any atom is 0.321 e. The molecule has 3 amide bonds. The molecule has 0 heterocycles. The second-order valence-corrected chi connectivity index (χ2v) is 1.44. The maximum absolute atomic E-state index is 11.8. The van der Waals surface area contributed by atoms with Crippen molar-refractivity contribution in [3.63, 3.8) is 0 Å². The molecular weight excluding hydrogens is 139 g/mol. The molecule has 56 valence electrons. The fourth-order valence-electron chi connectivity index (χ4n) is 0.233. The molecule has 5 heteroatoms. The molecule has 10 heavy (non-hydrogen) atoms. The molecule has 0 spiro atoms. The molecule has 0 unspecified atom stereocenters. The van der Waals surface area contributed by atoms with Gasteiger partial charge in [-0.05, 0) is 0 Å². The van der Waals surface area contributed by atoms with Gasteiger partial charge in [-0.2, -0.15) is 0 Å². The summed E-state index contributed by atoms with van der Waals surface area (Å²) in [5.74, 6) is -2.32. The van der Waals surface area contributed by atoms with Crippen LogP contribution in [0, 0.1) is 0 Å². The summed E-state index contributed by atoms with van der Waals surface area (Å²) in [5, 5.41) is 3.74. The maximum atomic E-state index is 11.8. The van der Waals surface area contributed by atoms with Crippen molar-refractivity contribution >= 4 is 11.9 Å². The Balaban J connectivity index is 3.80. The molecule has 2 N–H and O–H groups in total. The molecule has 0 rings (SSSR count). The number of hydrogen-bond acceptors (Lipinski definition) is 2. The van der Waals surface area contributed by atoms with Gasteiger partial charge in [0.05, 0.1) is 0 Å². The molecule has 0 saturated carbocycles. The molecule has 0 aliphatic rings. The molecule has 0 aromatic carbocycles. The van der Waals surface area contributed by atoms with Crippen LogP contribution >= 0.6 is 0 Å². The van der Waals surface area contributed by atoms with Crippen LogP contribution in [-0.2, 0) is 4.79 Å². The van der Waals surface area contributed by atoms with E-state index in [0.717, 1.165) is 0 Å². The Hall–Kier alpha value is -1.39. The molecule has 0 radical (unpaired) electrons. The van der Waals surface area contributed by atoms with E-state index in [0.29, 0.717) is 0 Å². The van der Waals surface area contributed by atoms with Crippen LogP contribution in [-0.4, -0.2) is 19.0 Å². The van der Waals surface area contributed by atoms with E-state index in [2.05, 4.69) is 11.9 Å². The highest BCUT2D eigenvalue weighted by Gasteiger charge is 2.07. The lowest BCUT2D eigenvalue weighted by Crippen LogP contribution is -2.37. The van der Waals surface area contributed by atoms with E-state index in [1.807, 2.05) is 0 Å². The van der Waals surface area contributed by atoms with Gasteiger partial charge in [0.2, 0.25) is 0 Å². The first-order valence-electron chi connectivity index (χ1n) is 2.45. The summed E-state index contributed by atoms with van der Waals surface area (Å²) >= 11 is 0. The molecule has 0 fully saturated rings. The van der Waals surface area contributed by atoms with E-state index in [1.54, 1.807) is 5.32 Å². The summed E-state index contributed by atoms with van der Waals surface area (Å²) in [4.78, 5) is 20.5. The number of halogens is 1. The van der Waals surface area contributed by atoms with Gasteiger partial charge in [0.1, 0.15) is 0 Å². The summed E-state index contributed by atoms with van der Waals surface area (Å²) < 4.78 is 11.8. The van der Waals surface area contributed by atoms with Crippen molar-refractivity contribution in [2.24, 2.45) is 0 Å². The van der Waals surface area contributed by atoms with E-state index >= 15 is 0 Å². The topological polar surface area (TPSA) is 58.2 Å². The second kappa shape index (κ2) is 3.60. The first-order chi connectivity index (χ1) is 4.57. The van der Waals surface area contributed by atoms with Gasteiger partial charge in [0, 0.05) is 7.05 Å². The number of hydrogen-bond donors (Lipinski definition) is 2. The third kappa shape index (κ3) is 2.81. The van der Waals surface area contributed by atoms with Crippen LogP contribution < -0.4 is 10.6 Å². The van der Waals surface area contributed by atoms with Gasteiger partial charge in [-0.15, -0.1) is 0 Å². The monoisotopic (exact) mass is 146 g/mol. The quantitative estimate of drug-likeness (QED) is 0.508. The third-order valence-electron chi connectivity index (χ3n) is 0.701. The first kappa shape index (κ1) is 8.61. The van der Waals surface area contributed by atoms with E-state index < -0.39 is 17.8 Å². The van der Waals surface area contributed by atoms with Crippen molar-refractivity contribution in [1.29, 1.82) is 0 Å². The molecule has 0 saturated heterocycles. The average molecular weight is 146 g/mol. The lowest BCUT2D eigenvalue weighted by Gasteiger charge is -1.98. The lowest BCUT2D eigenvalue weighted by molar-refractivity contribution is -0.117. The van der Waals surface area contributed by atoms with E-state index in [9.17, 15) is 14.0 Å². The van der Waals surface area contributed by atoms with Crippen LogP contribution in [0.25, 0.3) is 0 Å². The largest absolute Gasteiger partial charge is 0.341 e. The standard InChI is InChI=1S/C5H7FN2O2/c1-3(6)4(9)8-5(10)7-2/h1H2,2H3,(H2,7,8,9,10). The zero-order chi connectivity index (χ0) is 8.15. The molecule has 0 aromatic heterocycles. The molecular formula is C5H7FN2O2. The predicted octanol–water partition coefficient (Wildman–Crippen LogP) is -0.0748. The zero-order valence-corrected chi connectivity index (χ0v) is 5.40. The van der Waals surface area contributed by atoms with Gasteiger partial charge < -0.3 is 5.32 Å². The highest BCUT2D eigenvalue weighted by Crippen LogP contribution is 1.88. The minimum Gasteiger partial charge on any atom is -0.341 e. The Kier molecular flexibility index (Phi) is 3.10. The van der Waals surface area contributed by atoms with E-state index in [-0.39, 0.29) is 0 Å². The summed E-state index contributed by atoms with van der Waals surface area (Å²) in [6.07, 6.45) is 0. The van der Waals surface area contributed by atoms with Crippen LogP contribution in [0.15, 0.2) is 12.4 Å². The Labute approximate surface area is 57.1 Å². The number of carbonyl (C=O) groups is 2. The fourth-order valence-corrected chi connectivity index (χ4v) is 0.233. The number of amides is 3. The fraction of sp³-hybridized carbons (Fsp3) is 0.200. The summed E-state index contributed by atoms with van der Waals surface area (Å²) in [6.45, 7) is 2.68. The molecule has 0 aliphatic heterocycles. The van der Waals surface area contributed by atoms with Gasteiger partial charge in [-0.3, -0.25) is 10.1 Å². The number of imide groups is 1. The minimum absolute atomic E-state index is 0.760. The van der Waals surface area contributed by atoms with Crippen molar-refractivity contribution in [3.8, 4) is 0 Å². The number of rotatable bonds is 1. The van der Waals surface area contributed by atoms with E-state index in [1.165, 1.54) is 7.05 Å². The van der Waals surface area contributed by atoms with Crippen LogP contribution in [0.5, 0.6) is 0 Å². The summed E-state index contributed by atoms with van der Waals surface area (Å²) in [5.41, 5.74) is 0. The molecule has 0 bridgehead atoms. The van der Waals surface area contributed by atoms with Crippen LogP contribution in [0.1, 0.15) is 0 Å². The van der Waals surface area contributed by atoms with Crippen molar-refractivity contribution < 1.29 is 14.0 Å². The van der Waals surface area contributed by atoms with Gasteiger partial charge >= 0.3 is 6.03 Å². The highest BCUT2D eigenvalue weighted by molar-refractivity contribution is 6.01. The lowest BCUT2D eigenvalue weighted by atomic mass is 10.5. The SMILES string of the molecule is C=C(F)C(=O)NC(=O)NC. The predicted molar refractivity (Wildman–Crippen MR) is 32.8 cm³/mol. The van der Waals surface area contributed by atoms with Crippen molar-refractivity contribution in [3.05, 3.63) is 12.4 Å². The van der Waals surface area contributed by atoms with Gasteiger partial charge in [0.15, 0.2) is 5.83 Å². The van der Waals surface area contributed by atoms with Crippen LogP contribution in [0.4, 0.5) is 9.18 Å². The Bertz CT molecular complexity index is 178. The molecule has 0 aromatic rings. The molecule has 0 aliphatic carbocycles. The average Bonchev–Trinajstić information content (AvgIpc) is 1.87. The van der Waals surface area contributed by atoms with E-state index in [4.69, 9.17) is 0 Å². The van der Waals surface area contributed by atoms with Crippen molar-refractivity contribution in [2.45, 2.75) is 0 Å². The molecule has 4 nitrogen and oxygen atoms in total. The Morgan fingerprint density at radius 3 is 2.30 bits per heavy atom. The number of urea groups is 1. The van der Waals surface area contributed by atoms with Crippen LogP contribution in [0.2, 0.25) is 0 Å². The smallest absolute Gasteiger partial charge is 0.321 e. The van der Waals surface area contributed by atoms with Crippen molar-refractivity contribution in [2.75, 3.05) is 7.05 Å². The van der Waals surface area contributed by atoms with Gasteiger partial charge in [-0.25, -0.2) is 9.18 Å². The summed E-state index contributed by atoms with van der Waals surface area (Å²) in [7, 11) is 1.31. The summed E-state index contributed by atoms with van der Waals surface area (Å²) in [6, 6.07) is -0.760. The normalized spacial score (nSPS) is 8.20. The Morgan fingerprint density at radius 1 is 1.50 bits per heavy atom. The number of carbonyl (C=O) groups excluding carboxylic acids is 2. The molecule has 0 atom stereocenters. The first-order valence-corrected chi connectivity index (χ1v) is 2.45. The number of nitrogens with one attached hydrogen (secondary N) is 2. The zero-order valence-electron chi connectivity index (χ0n) is 5.40. The van der Waals surface area contributed by atoms with Crippen LogP contribution in [0.3, 0.4) is 0 Å². The Morgan fingerprint density at radius 2 is 2.00 bits per heavy atom. The third-order valence-corrected chi connectivity index (χ3v) is 0.701. The highest BCUT2D eigenvalue weighted by atomic mass is 19.1. The van der Waals surface area contributed by atoms with Gasteiger partial charge in [-0.1, -0.05) is 6.58 Å². The van der Waals surface area contributed by atoms with Crippen molar-refractivity contribution in [1.82, 2.24) is 10.6 Å². The van der Waals surface area contributed by atoms with Gasteiger partial charge in [0.25, 0.3) is 5.91 Å². The second-order valence-electron chi connectivity index (χ2n) is 1.44. The minimum atomic E-state index is -1.19.